The van der Waals surface area contributed by atoms with E-state index in [1.54, 1.807) is 48.5 Å². The molecular formula is C37H41F3N2O8S. The number of methoxy groups -OCH3 is 4. The Morgan fingerprint density at radius 2 is 1.29 bits per heavy atom. The molecule has 2 N–H and O–H groups in total. The molecule has 2 atom stereocenters. The lowest BCUT2D eigenvalue weighted by molar-refractivity contribution is -0.143. The second kappa shape index (κ2) is 17.4. The number of carboxylic acid groups (broad SMARTS) is 1. The van der Waals surface area contributed by atoms with E-state index in [4.69, 9.17) is 18.9 Å². The summed E-state index contributed by atoms with van der Waals surface area (Å²) in [5, 5.41) is 13.8. The molecule has 0 radical (unpaired) electrons. The van der Waals surface area contributed by atoms with Gasteiger partial charge in [0.2, 0.25) is 10.0 Å². The molecular weight excluding hydrogens is 689 g/mol. The molecule has 4 aromatic carbocycles. The van der Waals surface area contributed by atoms with Crippen molar-refractivity contribution in [2.24, 2.45) is 5.92 Å². The van der Waals surface area contributed by atoms with Gasteiger partial charge in [0.1, 0.15) is 0 Å². The molecule has 0 amide bonds. The first-order chi connectivity index (χ1) is 24.3. The monoisotopic (exact) mass is 730 g/mol. The number of halogens is 3. The van der Waals surface area contributed by atoms with Crippen molar-refractivity contribution < 1.29 is 50.4 Å². The molecule has 0 bridgehead atoms. The molecule has 0 aliphatic heterocycles. The summed E-state index contributed by atoms with van der Waals surface area (Å²) in [5.74, 6) is -0.810. The highest BCUT2D eigenvalue weighted by molar-refractivity contribution is 7.89. The molecule has 274 valence electrons. The van der Waals surface area contributed by atoms with Crippen LogP contribution in [-0.2, 0) is 33.8 Å². The molecule has 14 heteroatoms. The van der Waals surface area contributed by atoms with Gasteiger partial charge < -0.3 is 29.4 Å². The maximum atomic E-state index is 14.1. The Morgan fingerprint density at radius 1 is 0.765 bits per heavy atom. The van der Waals surface area contributed by atoms with Gasteiger partial charge in [-0.15, -0.1) is 0 Å². The number of benzene rings is 4. The highest BCUT2D eigenvalue weighted by atomic mass is 32.2. The summed E-state index contributed by atoms with van der Waals surface area (Å²) in [5.41, 5.74) is 0.881. The van der Waals surface area contributed by atoms with Crippen LogP contribution in [-0.4, -0.2) is 71.9 Å². The molecule has 2 unspecified atom stereocenters. The van der Waals surface area contributed by atoms with E-state index in [0.717, 1.165) is 22.0 Å². The molecule has 51 heavy (non-hydrogen) atoms. The number of rotatable bonds is 18. The van der Waals surface area contributed by atoms with Gasteiger partial charge in [-0.3, -0.25) is 4.79 Å². The van der Waals surface area contributed by atoms with Crippen LogP contribution in [0.3, 0.4) is 0 Å². The van der Waals surface area contributed by atoms with E-state index in [1.165, 1.54) is 52.7 Å². The van der Waals surface area contributed by atoms with E-state index in [0.29, 0.717) is 35.0 Å². The number of carboxylic acids is 1. The summed E-state index contributed by atoms with van der Waals surface area (Å²) >= 11 is 0. The van der Waals surface area contributed by atoms with Crippen molar-refractivity contribution in [2.45, 2.75) is 30.0 Å². The predicted molar refractivity (Wildman–Crippen MR) is 185 cm³/mol. The summed E-state index contributed by atoms with van der Waals surface area (Å²) in [6, 6.07) is 21.2. The lowest BCUT2D eigenvalue weighted by Crippen LogP contribution is -2.44. The van der Waals surface area contributed by atoms with Gasteiger partial charge in [0.05, 0.1) is 44.8 Å². The van der Waals surface area contributed by atoms with Gasteiger partial charge in [0.15, 0.2) is 23.0 Å². The number of sulfonamides is 1. The fourth-order valence-corrected chi connectivity index (χ4v) is 7.15. The Balaban J connectivity index is 1.70. The van der Waals surface area contributed by atoms with Crippen molar-refractivity contribution in [3.63, 3.8) is 0 Å². The maximum Gasteiger partial charge on any atom is 0.416 e. The van der Waals surface area contributed by atoms with Gasteiger partial charge in [-0.25, -0.2) is 8.42 Å². The van der Waals surface area contributed by atoms with Gasteiger partial charge in [0.25, 0.3) is 0 Å². The van der Waals surface area contributed by atoms with Crippen molar-refractivity contribution in [2.75, 3.05) is 48.1 Å². The Morgan fingerprint density at radius 3 is 1.78 bits per heavy atom. The minimum Gasteiger partial charge on any atom is -0.493 e. The number of ether oxygens (including phenoxy) is 4. The summed E-state index contributed by atoms with van der Waals surface area (Å²) in [6.07, 6.45) is -4.03. The fraction of sp³-hybridized carbons (Fsp3) is 0.324. The first-order valence-corrected chi connectivity index (χ1v) is 17.4. The van der Waals surface area contributed by atoms with Crippen molar-refractivity contribution in [1.29, 1.82) is 0 Å². The van der Waals surface area contributed by atoms with Crippen molar-refractivity contribution in [3.05, 3.63) is 113 Å². The number of carbonyl (C=O) groups is 1. The quantitative estimate of drug-likeness (QED) is 0.122. The SMILES string of the molecule is COc1ccc(CCNC(c2ccc(C(F)(F)F)cc2)C(CN(CCc2ccc(OC)c(OC)c2)S(=O)(=O)c2ccccc2)C(=O)O)cc1OC. The van der Waals surface area contributed by atoms with Crippen molar-refractivity contribution >= 4 is 16.0 Å². The molecule has 0 heterocycles. The van der Waals surface area contributed by atoms with Crippen LogP contribution in [0.5, 0.6) is 23.0 Å². The van der Waals surface area contributed by atoms with E-state index < -0.39 is 46.2 Å². The van der Waals surface area contributed by atoms with Crippen LogP contribution in [0.1, 0.15) is 28.3 Å². The van der Waals surface area contributed by atoms with Crippen LogP contribution >= 0.6 is 0 Å². The number of nitrogens with zero attached hydrogens (tertiary/aromatic N) is 1. The molecule has 0 saturated carbocycles. The first kappa shape index (κ1) is 39.0. The predicted octanol–water partition coefficient (Wildman–Crippen LogP) is 6.25. The van der Waals surface area contributed by atoms with Gasteiger partial charge in [-0.05, 0) is 84.6 Å². The first-order valence-electron chi connectivity index (χ1n) is 15.9. The van der Waals surface area contributed by atoms with Crippen LogP contribution < -0.4 is 24.3 Å². The molecule has 4 aromatic rings. The Kier molecular flexibility index (Phi) is 13.3. The van der Waals surface area contributed by atoms with Gasteiger partial charge in [-0.2, -0.15) is 17.5 Å². The maximum absolute atomic E-state index is 14.1. The summed E-state index contributed by atoms with van der Waals surface area (Å²) < 4.78 is 91.1. The number of nitrogens with one attached hydrogen (secondary N) is 1. The highest BCUT2D eigenvalue weighted by Gasteiger charge is 2.36. The van der Waals surface area contributed by atoms with E-state index >= 15 is 0 Å². The van der Waals surface area contributed by atoms with Gasteiger partial charge in [-0.1, -0.05) is 42.5 Å². The van der Waals surface area contributed by atoms with Crippen molar-refractivity contribution in [1.82, 2.24) is 9.62 Å². The molecule has 0 aliphatic rings. The van der Waals surface area contributed by atoms with E-state index in [1.807, 2.05) is 6.07 Å². The minimum absolute atomic E-state index is 0.0334. The summed E-state index contributed by atoms with van der Waals surface area (Å²) in [6.45, 7) is -0.404. The number of hydrogen-bond donors (Lipinski definition) is 2. The third-order valence-corrected chi connectivity index (χ3v) is 10.3. The molecule has 0 aliphatic carbocycles. The van der Waals surface area contributed by atoms with Crippen LogP contribution in [0, 0.1) is 5.92 Å². The number of aliphatic carboxylic acids is 1. The second-order valence-corrected chi connectivity index (χ2v) is 13.5. The third-order valence-electron chi connectivity index (χ3n) is 8.42. The summed E-state index contributed by atoms with van der Waals surface area (Å²) in [4.78, 5) is 13.0. The van der Waals surface area contributed by atoms with Crippen molar-refractivity contribution in [3.8, 4) is 23.0 Å². The molecule has 10 nitrogen and oxygen atoms in total. The average Bonchev–Trinajstić information content (AvgIpc) is 3.13. The largest absolute Gasteiger partial charge is 0.493 e. The topological polar surface area (TPSA) is 124 Å². The Hall–Kier alpha value is -4.79. The van der Waals surface area contributed by atoms with Crippen LogP contribution in [0.2, 0.25) is 0 Å². The fourth-order valence-electron chi connectivity index (χ4n) is 5.67. The van der Waals surface area contributed by atoms with Crippen LogP contribution in [0.4, 0.5) is 13.2 Å². The zero-order chi connectivity index (χ0) is 37.2. The molecule has 4 rings (SSSR count). The van der Waals surface area contributed by atoms with Gasteiger partial charge in [0, 0.05) is 19.1 Å². The second-order valence-electron chi connectivity index (χ2n) is 11.6. The molecule has 0 aromatic heterocycles. The van der Waals surface area contributed by atoms with E-state index in [2.05, 4.69) is 5.32 Å². The van der Waals surface area contributed by atoms with E-state index in [9.17, 15) is 31.5 Å². The summed E-state index contributed by atoms with van der Waals surface area (Å²) in [7, 11) is 1.74. The lowest BCUT2D eigenvalue weighted by atomic mass is 9.91. The molecule has 0 spiro atoms. The zero-order valence-electron chi connectivity index (χ0n) is 28.6. The third kappa shape index (κ3) is 9.93. The minimum atomic E-state index is -4.61. The number of alkyl halides is 3. The number of hydrogen-bond acceptors (Lipinski definition) is 8. The van der Waals surface area contributed by atoms with Crippen LogP contribution in [0.25, 0.3) is 0 Å². The average molecular weight is 731 g/mol. The van der Waals surface area contributed by atoms with Crippen LogP contribution in [0.15, 0.2) is 95.9 Å². The standard InChI is InChI=1S/C37H41F3N2O8S/c1-47-31-16-10-25(22-33(31)49-3)18-20-41-35(27-12-14-28(15-13-27)37(38,39)40)30(36(43)44)24-42(51(45,46)29-8-6-5-7-9-29)21-19-26-11-17-32(48-2)34(23-26)50-4/h5-17,22-23,30,35,41H,18-21,24H2,1-4H3,(H,43,44). The smallest absolute Gasteiger partial charge is 0.416 e. The molecule has 0 fully saturated rings. The lowest BCUT2D eigenvalue weighted by Gasteiger charge is -2.31. The van der Waals surface area contributed by atoms with Gasteiger partial charge >= 0.3 is 12.1 Å². The molecule has 0 saturated heterocycles. The zero-order valence-corrected chi connectivity index (χ0v) is 29.5. The Bertz CT molecular complexity index is 1860. The Labute approximate surface area is 295 Å². The van der Waals surface area contributed by atoms with E-state index in [-0.39, 0.29) is 30.0 Å². The normalized spacial score (nSPS) is 13.0. The highest BCUT2D eigenvalue weighted by Crippen LogP contribution is 2.33.